The summed E-state index contributed by atoms with van der Waals surface area (Å²) in [4.78, 5) is 4.09. The highest BCUT2D eigenvalue weighted by Gasteiger charge is 1.96. The van der Waals surface area contributed by atoms with Crippen LogP contribution in [0.25, 0.3) is 17.2 Å². The van der Waals surface area contributed by atoms with Gasteiger partial charge in [0.25, 0.3) is 0 Å². The first-order valence-corrected chi connectivity index (χ1v) is 4.54. The number of rotatable bonds is 3. The number of fused-ring (bicyclic) bond motifs is 1. The van der Waals surface area contributed by atoms with Crippen LogP contribution < -0.4 is 5.32 Å². The summed E-state index contributed by atoms with van der Waals surface area (Å²) in [5.41, 5.74) is 2.87. The molecular weight excluding hydrogens is 176 g/mol. The molecule has 0 aliphatic carbocycles. The van der Waals surface area contributed by atoms with Crippen LogP contribution in [0.15, 0.2) is 35.1 Å². The number of aromatic nitrogens is 1. The van der Waals surface area contributed by atoms with E-state index >= 15 is 0 Å². The van der Waals surface area contributed by atoms with Crippen molar-refractivity contribution >= 4 is 17.2 Å². The van der Waals surface area contributed by atoms with Gasteiger partial charge in [-0.05, 0) is 24.7 Å². The van der Waals surface area contributed by atoms with Crippen molar-refractivity contribution < 1.29 is 4.42 Å². The van der Waals surface area contributed by atoms with E-state index < -0.39 is 0 Å². The molecule has 1 aromatic carbocycles. The standard InChI is InChI=1S/C11H12N2O/c1-12-6-2-3-9-4-5-11-10(7-9)13-8-14-11/h2-5,7-8,12H,6H2,1H3. The Bertz CT molecular complexity index is 445. The molecule has 0 radical (unpaired) electrons. The molecule has 0 saturated heterocycles. The van der Waals surface area contributed by atoms with Crippen molar-refractivity contribution in [3.63, 3.8) is 0 Å². The smallest absolute Gasteiger partial charge is 0.181 e. The summed E-state index contributed by atoms with van der Waals surface area (Å²) in [6, 6.07) is 5.95. The van der Waals surface area contributed by atoms with Crippen molar-refractivity contribution in [3.05, 3.63) is 36.2 Å². The number of hydrogen-bond donors (Lipinski definition) is 1. The van der Waals surface area contributed by atoms with Crippen molar-refractivity contribution in [2.45, 2.75) is 0 Å². The van der Waals surface area contributed by atoms with Gasteiger partial charge in [-0.3, -0.25) is 0 Å². The fourth-order valence-corrected chi connectivity index (χ4v) is 1.29. The predicted octanol–water partition coefficient (Wildman–Crippen LogP) is 2.06. The summed E-state index contributed by atoms with van der Waals surface area (Å²) < 4.78 is 5.15. The van der Waals surface area contributed by atoms with Crippen molar-refractivity contribution in [2.75, 3.05) is 13.6 Å². The van der Waals surface area contributed by atoms with Gasteiger partial charge in [0, 0.05) is 6.54 Å². The lowest BCUT2D eigenvalue weighted by atomic mass is 10.2. The Balaban J connectivity index is 2.25. The Labute approximate surface area is 82.4 Å². The molecule has 0 spiro atoms. The van der Waals surface area contributed by atoms with E-state index in [4.69, 9.17) is 4.42 Å². The summed E-state index contributed by atoms with van der Waals surface area (Å²) in [5, 5.41) is 3.05. The topological polar surface area (TPSA) is 38.1 Å². The number of nitrogens with one attached hydrogen (secondary N) is 1. The highest BCUT2D eigenvalue weighted by atomic mass is 16.3. The molecule has 0 bridgehead atoms. The minimum absolute atomic E-state index is 0.829. The van der Waals surface area contributed by atoms with Crippen LogP contribution in [0.3, 0.4) is 0 Å². The SMILES string of the molecule is CNCC=Cc1ccc2ocnc2c1. The van der Waals surface area contributed by atoms with Crippen LogP contribution in [0.5, 0.6) is 0 Å². The van der Waals surface area contributed by atoms with E-state index in [0.717, 1.165) is 23.2 Å². The summed E-state index contributed by atoms with van der Waals surface area (Å²) in [6.45, 7) is 0.872. The van der Waals surface area contributed by atoms with Crippen LogP contribution in [0.2, 0.25) is 0 Å². The van der Waals surface area contributed by atoms with Gasteiger partial charge in [0.2, 0.25) is 0 Å². The Kier molecular flexibility index (Phi) is 2.60. The summed E-state index contributed by atoms with van der Waals surface area (Å²) in [7, 11) is 1.92. The second kappa shape index (κ2) is 4.07. The maximum Gasteiger partial charge on any atom is 0.181 e. The van der Waals surface area contributed by atoms with Gasteiger partial charge in [-0.15, -0.1) is 0 Å². The summed E-state index contributed by atoms with van der Waals surface area (Å²) in [5.74, 6) is 0. The molecule has 72 valence electrons. The van der Waals surface area contributed by atoms with E-state index in [1.807, 2.05) is 25.2 Å². The third-order valence-electron chi connectivity index (χ3n) is 1.99. The zero-order chi connectivity index (χ0) is 9.80. The van der Waals surface area contributed by atoms with E-state index in [9.17, 15) is 0 Å². The number of nitrogens with zero attached hydrogens (tertiary/aromatic N) is 1. The van der Waals surface area contributed by atoms with E-state index in [-0.39, 0.29) is 0 Å². The molecular formula is C11H12N2O. The molecule has 1 aromatic heterocycles. The van der Waals surface area contributed by atoms with Crippen LogP contribution in [0, 0.1) is 0 Å². The minimum Gasteiger partial charge on any atom is -0.443 e. The van der Waals surface area contributed by atoms with Gasteiger partial charge in [-0.2, -0.15) is 0 Å². The highest BCUT2D eigenvalue weighted by Crippen LogP contribution is 2.14. The maximum atomic E-state index is 5.15. The summed E-state index contributed by atoms with van der Waals surface area (Å²) in [6.07, 6.45) is 5.59. The van der Waals surface area contributed by atoms with Crippen molar-refractivity contribution in [1.29, 1.82) is 0 Å². The molecule has 0 atom stereocenters. The third-order valence-corrected chi connectivity index (χ3v) is 1.99. The van der Waals surface area contributed by atoms with Gasteiger partial charge in [0.1, 0.15) is 5.52 Å². The number of hydrogen-bond acceptors (Lipinski definition) is 3. The van der Waals surface area contributed by atoms with Crippen LogP contribution in [-0.4, -0.2) is 18.6 Å². The first-order chi connectivity index (χ1) is 6.90. The number of likely N-dealkylation sites (N-methyl/N-ethyl adjacent to an activating group) is 1. The zero-order valence-electron chi connectivity index (χ0n) is 8.03. The molecule has 0 aliphatic rings. The Morgan fingerprint density at radius 1 is 1.50 bits per heavy atom. The molecule has 0 unspecified atom stereocenters. The van der Waals surface area contributed by atoms with Crippen LogP contribution in [0.1, 0.15) is 5.56 Å². The number of oxazole rings is 1. The average molecular weight is 188 g/mol. The van der Waals surface area contributed by atoms with Gasteiger partial charge in [0.15, 0.2) is 12.0 Å². The van der Waals surface area contributed by atoms with Gasteiger partial charge < -0.3 is 9.73 Å². The summed E-state index contributed by atoms with van der Waals surface area (Å²) >= 11 is 0. The average Bonchev–Trinajstić information content (AvgIpc) is 2.65. The lowest BCUT2D eigenvalue weighted by Crippen LogP contribution is -2.03. The fourth-order valence-electron chi connectivity index (χ4n) is 1.29. The first-order valence-electron chi connectivity index (χ1n) is 4.54. The van der Waals surface area contributed by atoms with Gasteiger partial charge in [-0.25, -0.2) is 4.98 Å². The van der Waals surface area contributed by atoms with E-state index in [1.165, 1.54) is 6.39 Å². The van der Waals surface area contributed by atoms with Crippen molar-refractivity contribution in [1.82, 2.24) is 10.3 Å². The Morgan fingerprint density at radius 2 is 2.43 bits per heavy atom. The second-order valence-electron chi connectivity index (χ2n) is 3.04. The monoisotopic (exact) mass is 188 g/mol. The highest BCUT2D eigenvalue weighted by molar-refractivity contribution is 5.75. The first kappa shape index (κ1) is 8.97. The second-order valence-corrected chi connectivity index (χ2v) is 3.04. The largest absolute Gasteiger partial charge is 0.443 e. The molecule has 3 nitrogen and oxygen atoms in total. The normalized spacial score (nSPS) is 11.5. The molecule has 2 rings (SSSR count). The molecule has 1 N–H and O–H groups in total. The third kappa shape index (κ3) is 1.83. The molecule has 3 heteroatoms. The quantitative estimate of drug-likeness (QED) is 0.801. The maximum absolute atomic E-state index is 5.15. The Hall–Kier alpha value is -1.61. The van der Waals surface area contributed by atoms with E-state index in [2.05, 4.69) is 22.5 Å². The fraction of sp³-hybridized carbons (Fsp3) is 0.182. The molecule has 14 heavy (non-hydrogen) atoms. The molecule has 0 fully saturated rings. The van der Waals surface area contributed by atoms with Crippen LogP contribution in [-0.2, 0) is 0 Å². The lowest BCUT2D eigenvalue weighted by molar-refractivity contribution is 0.602. The molecule has 0 saturated carbocycles. The molecule has 0 aliphatic heterocycles. The van der Waals surface area contributed by atoms with Crippen LogP contribution in [0.4, 0.5) is 0 Å². The Morgan fingerprint density at radius 3 is 3.29 bits per heavy atom. The van der Waals surface area contributed by atoms with E-state index in [1.54, 1.807) is 0 Å². The molecule has 0 amide bonds. The lowest BCUT2D eigenvalue weighted by Gasteiger charge is -1.92. The molecule has 2 aromatic rings. The predicted molar refractivity (Wildman–Crippen MR) is 57.0 cm³/mol. The van der Waals surface area contributed by atoms with Crippen molar-refractivity contribution in [3.8, 4) is 0 Å². The van der Waals surface area contributed by atoms with Crippen molar-refractivity contribution in [2.24, 2.45) is 0 Å². The van der Waals surface area contributed by atoms with E-state index in [0.29, 0.717) is 0 Å². The zero-order valence-corrected chi connectivity index (χ0v) is 8.03. The molecule has 1 heterocycles. The number of benzene rings is 1. The van der Waals surface area contributed by atoms with Gasteiger partial charge in [-0.1, -0.05) is 18.2 Å². The minimum atomic E-state index is 0.829. The van der Waals surface area contributed by atoms with Gasteiger partial charge in [0.05, 0.1) is 0 Å². The van der Waals surface area contributed by atoms with Gasteiger partial charge >= 0.3 is 0 Å². The van der Waals surface area contributed by atoms with Crippen LogP contribution >= 0.6 is 0 Å².